The molecule has 1 unspecified atom stereocenters. The SMILES string of the molecule is CC(C)COc1cc(F)cc(-c2ccc(C(=O)NS(=O)(=O)c3ccccn3)c(OCCC3CCCO3)n2)c1. The highest BCUT2D eigenvalue weighted by Crippen LogP contribution is 2.28. The molecule has 9 nitrogen and oxygen atoms in total. The first-order chi connectivity index (χ1) is 18.2. The topological polar surface area (TPSA) is 117 Å². The minimum Gasteiger partial charge on any atom is -0.493 e. The second-order valence-corrected chi connectivity index (χ2v) is 10.9. The molecule has 1 amide bonds. The molecule has 0 bridgehead atoms. The maximum Gasteiger partial charge on any atom is 0.281 e. The Balaban J connectivity index is 1.62. The van der Waals surface area contributed by atoms with Crippen LogP contribution in [0.5, 0.6) is 11.6 Å². The van der Waals surface area contributed by atoms with E-state index in [1.165, 1.54) is 42.6 Å². The van der Waals surface area contributed by atoms with Crippen LogP contribution in [0.2, 0.25) is 0 Å². The van der Waals surface area contributed by atoms with Gasteiger partial charge >= 0.3 is 0 Å². The summed E-state index contributed by atoms with van der Waals surface area (Å²) >= 11 is 0. The molecular formula is C27H30FN3O6S. The molecule has 3 aromatic rings. The summed E-state index contributed by atoms with van der Waals surface area (Å²) in [7, 11) is -4.23. The molecule has 1 aromatic carbocycles. The summed E-state index contributed by atoms with van der Waals surface area (Å²) in [6.07, 6.45) is 3.82. The van der Waals surface area contributed by atoms with Gasteiger partial charge in [-0.25, -0.2) is 19.1 Å². The molecule has 1 saturated heterocycles. The number of carbonyl (C=O) groups excluding carboxylic acids is 1. The number of rotatable bonds is 11. The van der Waals surface area contributed by atoms with Crippen molar-refractivity contribution in [3.8, 4) is 22.9 Å². The summed E-state index contributed by atoms with van der Waals surface area (Å²) in [4.78, 5) is 21.3. The van der Waals surface area contributed by atoms with Crippen molar-refractivity contribution >= 4 is 15.9 Å². The largest absolute Gasteiger partial charge is 0.493 e. The van der Waals surface area contributed by atoms with Gasteiger partial charge in [-0.2, -0.15) is 8.42 Å². The van der Waals surface area contributed by atoms with Crippen LogP contribution < -0.4 is 14.2 Å². The Hall–Kier alpha value is -3.57. The third-order valence-electron chi connectivity index (χ3n) is 5.70. The van der Waals surface area contributed by atoms with Crippen LogP contribution >= 0.6 is 0 Å². The highest BCUT2D eigenvalue weighted by molar-refractivity contribution is 7.90. The molecule has 1 N–H and O–H groups in total. The number of halogens is 1. The lowest BCUT2D eigenvalue weighted by molar-refractivity contribution is 0.0888. The highest BCUT2D eigenvalue weighted by atomic mass is 32.2. The third kappa shape index (κ3) is 7.26. The molecule has 38 heavy (non-hydrogen) atoms. The van der Waals surface area contributed by atoms with Crippen LogP contribution in [-0.2, 0) is 14.8 Å². The molecule has 11 heteroatoms. The van der Waals surface area contributed by atoms with E-state index in [0.29, 0.717) is 36.6 Å². The summed E-state index contributed by atoms with van der Waals surface area (Å²) in [5.41, 5.74) is 0.657. The molecule has 2 aromatic heterocycles. The number of amides is 1. The normalized spacial score (nSPS) is 15.4. The van der Waals surface area contributed by atoms with Crippen molar-refractivity contribution in [2.24, 2.45) is 5.92 Å². The van der Waals surface area contributed by atoms with Gasteiger partial charge in [0.05, 0.1) is 25.0 Å². The van der Waals surface area contributed by atoms with E-state index in [-0.39, 0.29) is 35.1 Å². The number of nitrogens with zero attached hydrogens (tertiary/aromatic N) is 2. The number of benzene rings is 1. The van der Waals surface area contributed by atoms with Gasteiger partial charge in [-0.05, 0) is 55.2 Å². The number of nitrogens with one attached hydrogen (secondary N) is 1. The molecule has 1 atom stereocenters. The fourth-order valence-corrected chi connectivity index (χ4v) is 4.75. The van der Waals surface area contributed by atoms with Crippen LogP contribution in [0.3, 0.4) is 0 Å². The minimum absolute atomic E-state index is 0.0453. The molecular weight excluding hydrogens is 513 g/mol. The van der Waals surface area contributed by atoms with E-state index in [1.807, 2.05) is 18.6 Å². The molecule has 1 aliphatic rings. The van der Waals surface area contributed by atoms with Crippen molar-refractivity contribution in [1.29, 1.82) is 0 Å². The van der Waals surface area contributed by atoms with Crippen molar-refractivity contribution in [2.45, 2.75) is 44.2 Å². The molecule has 202 valence electrons. The van der Waals surface area contributed by atoms with E-state index < -0.39 is 21.7 Å². The van der Waals surface area contributed by atoms with Gasteiger partial charge in [0, 0.05) is 30.9 Å². The Kier molecular flexibility index (Phi) is 8.90. The zero-order valence-electron chi connectivity index (χ0n) is 21.2. The molecule has 1 aliphatic heterocycles. The average Bonchev–Trinajstić information content (AvgIpc) is 3.41. The van der Waals surface area contributed by atoms with Crippen LogP contribution in [-0.4, -0.2) is 50.2 Å². The van der Waals surface area contributed by atoms with Crippen molar-refractivity contribution in [3.05, 3.63) is 66.1 Å². The second-order valence-electron chi connectivity index (χ2n) is 9.30. The van der Waals surface area contributed by atoms with Crippen LogP contribution in [0.25, 0.3) is 11.3 Å². The number of sulfonamides is 1. The minimum atomic E-state index is -4.23. The first-order valence-corrected chi connectivity index (χ1v) is 13.9. The number of hydrogen-bond acceptors (Lipinski definition) is 8. The van der Waals surface area contributed by atoms with E-state index in [2.05, 4.69) is 9.97 Å². The number of ether oxygens (including phenoxy) is 3. The number of pyridine rings is 2. The van der Waals surface area contributed by atoms with Crippen LogP contribution in [0, 0.1) is 11.7 Å². The van der Waals surface area contributed by atoms with Crippen LogP contribution in [0.4, 0.5) is 4.39 Å². The maximum absolute atomic E-state index is 14.4. The molecule has 0 aliphatic carbocycles. The summed E-state index contributed by atoms with van der Waals surface area (Å²) < 4.78 is 58.9. The number of aromatic nitrogens is 2. The first-order valence-electron chi connectivity index (χ1n) is 12.4. The van der Waals surface area contributed by atoms with Crippen LogP contribution in [0.1, 0.15) is 43.5 Å². The fourth-order valence-electron chi connectivity index (χ4n) is 3.84. The highest BCUT2D eigenvalue weighted by Gasteiger charge is 2.24. The first kappa shape index (κ1) is 27.5. The lowest BCUT2D eigenvalue weighted by Crippen LogP contribution is -2.31. The lowest BCUT2D eigenvalue weighted by Gasteiger charge is -2.15. The zero-order valence-corrected chi connectivity index (χ0v) is 22.0. The van der Waals surface area contributed by atoms with Gasteiger partial charge in [0.15, 0.2) is 5.03 Å². The van der Waals surface area contributed by atoms with Gasteiger partial charge in [0.25, 0.3) is 15.9 Å². The third-order valence-corrected chi connectivity index (χ3v) is 6.94. The predicted molar refractivity (Wildman–Crippen MR) is 138 cm³/mol. The van der Waals surface area contributed by atoms with Gasteiger partial charge in [0.2, 0.25) is 5.88 Å². The van der Waals surface area contributed by atoms with Crippen molar-refractivity contribution in [2.75, 3.05) is 19.8 Å². The molecule has 0 radical (unpaired) electrons. The predicted octanol–water partition coefficient (Wildman–Crippen LogP) is 4.38. The Morgan fingerprint density at radius 1 is 1.18 bits per heavy atom. The molecule has 1 fully saturated rings. The molecule has 3 heterocycles. The molecule has 0 saturated carbocycles. The molecule has 4 rings (SSSR count). The number of hydrogen-bond donors (Lipinski definition) is 1. The Bertz CT molecular complexity index is 1360. The summed E-state index contributed by atoms with van der Waals surface area (Å²) in [6.45, 7) is 5.27. The van der Waals surface area contributed by atoms with Gasteiger partial charge in [-0.3, -0.25) is 4.79 Å². The average molecular weight is 544 g/mol. The van der Waals surface area contributed by atoms with Crippen molar-refractivity contribution in [3.63, 3.8) is 0 Å². The van der Waals surface area contributed by atoms with Gasteiger partial charge < -0.3 is 14.2 Å². The Morgan fingerprint density at radius 3 is 2.74 bits per heavy atom. The smallest absolute Gasteiger partial charge is 0.281 e. The second kappa shape index (κ2) is 12.3. The van der Waals surface area contributed by atoms with Crippen molar-refractivity contribution < 1.29 is 31.8 Å². The Labute approximate surface area is 221 Å². The Morgan fingerprint density at radius 2 is 2.03 bits per heavy atom. The van der Waals surface area contributed by atoms with Gasteiger partial charge in [-0.1, -0.05) is 19.9 Å². The number of carbonyl (C=O) groups is 1. The van der Waals surface area contributed by atoms with E-state index in [9.17, 15) is 17.6 Å². The van der Waals surface area contributed by atoms with E-state index in [0.717, 1.165) is 12.8 Å². The van der Waals surface area contributed by atoms with E-state index in [1.54, 1.807) is 12.1 Å². The lowest BCUT2D eigenvalue weighted by atomic mass is 10.1. The van der Waals surface area contributed by atoms with Crippen LogP contribution in [0.15, 0.2) is 59.8 Å². The zero-order chi connectivity index (χ0) is 27.1. The summed E-state index contributed by atoms with van der Waals surface area (Å²) in [5, 5.41) is -0.299. The van der Waals surface area contributed by atoms with Crippen molar-refractivity contribution in [1.82, 2.24) is 14.7 Å². The van der Waals surface area contributed by atoms with Gasteiger partial charge in [0.1, 0.15) is 17.1 Å². The van der Waals surface area contributed by atoms with E-state index in [4.69, 9.17) is 14.2 Å². The van der Waals surface area contributed by atoms with Gasteiger partial charge in [-0.15, -0.1) is 0 Å². The molecule has 0 spiro atoms. The monoisotopic (exact) mass is 543 g/mol. The quantitative estimate of drug-likeness (QED) is 0.379. The summed E-state index contributed by atoms with van der Waals surface area (Å²) in [6, 6.07) is 11.5. The fraction of sp³-hybridized carbons (Fsp3) is 0.370. The summed E-state index contributed by atoms with van der Waals surface area (Å²) in [5.74, 6) is -0.916. The standard InChI is InChI=1S/C27H30FN3O6S/c1-18(2)17-37-22-15-19(14-20(28)16-22)24-9-8-23(27(30-24)36-13-10-21-6-5-12-35-21)26(32)31-38(33,34)25-7-3-4-11-29-25/h3-4,7-9,11,14-16,18,21H,5-6,10,12-13,17H2,1-2H3,(H,31,32). The van der Waals surface area contributed by atoms with E-state index >= 15 is 0 Å². The maximum atomic E-state index is 14.4.